The zero-order chi connectivity index (χ0) is 19.7. The lowest BCUT2D eigenvalue weighted by atomic mass is 10.1. The highest BCUT2D eigenvalue weighted by Gasteiger charge is 2.34. The van der Waals surface area contributed by atoms with Crippen LogP contribution in [0.25, 0.3) is 0 Å². The maximum absolute atomic E-state index is 11.8. The molecule has 0 aliphatic heterocycles. The van der Waals surface area contributed by atoms with Crippen molar-refractivity contribution in [2.24, 2.45) is 5.92 Å². The standard InChI is InChI=1S/C19H41N2O3P/c1-11-23-19(22)18(10)12-13-24-25(20(14(2)3)15(4)5)21(16(6)7)17(8)9/h14-18H,11-13H2,1-10H3. The number of carbonyl (C=O) groups excluding carboxylic acids is 1. The Balaban J connectivity index is 5.16. The molecular formula is C19H41N2O3P. The van der Waals surface area contributed by atoms with E-state index in [1.807, 2.05) is 13.8 Å². The third-order valence-electron chi connectivity index (χ3n) is 3.96. The van der Waals surface area contributed by atoms with E-state index in [-0.39, 0.29) is 11.9 Å². The van der Waals surface area contributed by atoms with Crippen LogP contribution in [-0.4, -0.2) is 52.7 Å². The number of ether oxygens (including phenoxy) is 1. The Hall–Kier alpha value is -0.220. The van der Waals surface area contributed by atoms with Crippen molar-refractivity contribution in [3.63, 3.8) is 0 Å². The molecule has 0 radical (unpaired) electrons. The second-order valence-corrected chi connectivity index (χ2v) is 9.35. The molecule has 0 aromatic heterocycles. The lowest BCUT2D eigenvalue weighted by molar-refractivity contribution is -0.147. The van der Waals surface area contributed by atoms with E-state index < -0.39 is 8.45 Å². The Morgan fingerprint density at radius 1 is 0.840 bits per heavy atom. The van der Waals surface area contributed by atoms with E-state index in [0.717, 1.165) is 0 Å². The first-order chi connectivity index (χ1) is 11.5. The first kappa shape index (κ1) is 24.8. The Kier molecular flexibility index (Phi) is 12.1. The van der Waals surface area contributed by atoms with Gasteiger partial charge in [0.25, 0.3) is 0 Å². The molecule has 0 bridgehead atoms. The van der Waals surface area contributed by atoms with Gasteiger partial charge in [-0.3, -0.25) is 4.79 Å². The molecule has 0 aliphatic rings. The lowest BCUT2D eigenvalue weighted by Crippen LogP contribution is -2.43. The van der Waals surface area contributed by atoms with Crippen molar-refractivity contribution < 1.29 is 14.1 Å². The molecule has 0 aromatic carbocycles. The molecule has 0 heterocycles. The number of esters is 1. The van der Waals surface area contributed by atoms with Crippen molar-refractivity contribution in [2.45, 2.75) is 99.8 Å². The summed E-state index contributed by atoms with van der Waals surface area (Å²) in [6.45, 7) is 22.5. The maximum Gasteiger partial charge on any atom is 0.308 e. The van der Waals surface area contributed by atoms with Gasteiger partial charge in [0.2, 0.25) is 0 Å². The van der Waals surface area contributed by atoms with E-state index in [1.54, 1.807) is 0 Å². The average Bonchev–Trinajstić information content (AvgIpc) is 2.45. The van der Waals surface area contributed by atoms with Gasteiger partial charge in [-0.15, -0.1) is 0 Å². The predicted octanol–water partition coefficient (Wildman–Crippen LogP) is 5.06. The molecule has 1 unspecified atom stereocenters. The van der Waals surface area contributed by atoms with Gasteiger partial charge in [-0.05, 0) is 68.7 Å². The van der Waals surface area contributed by atoms with Crippen LogP contribution in [0.1, 0.15) is 75.7 Å². The van der Waals surface area contributed by atoms with Crippen molar-refractivity contribution in [1.82, 2.24) is 9.34 Å². The smallest absolute Gasteiger partial charge is 0.308 e. The molecule has 0 amide bonds. The minimum Gasteiger partial charge on any atom is -0.466 e. The molecule has 25 heavy (non-hydrogen) atoms. The highest BCUT2D eigenvalue weighted by Crippen LogP contribution is 2.50. The predicted molar refractivity (Wildman–Crippen MR) is 108 cm³/mol. The normalized spacial score (nSPS) is 14.0. The topological polar surface area (TPSA) is 42.0 Å². The fourth-order valence-corrected chi connectivity index (χ4v) is 5.30. The van der Waals surface area contributed by atoms with Gasteiger partial charge in [0.15, 0.2) is 8.45 Å². The minimum absolute atomic E-state index is 0.130. The molecule has 150 valence electrons. The van der Waals surface area contributed by atoms with Crippen LogP contribution in [0.15, 0.2) is 0 Å². The van der Waals surface area contributed by atoms with Crippen LogP contribution >= 0.6 is 8.45 Å². The van der Waals surface area contributed by atoms with Gasteiger partial charge in [-0.2, -0.15) is 0 Å². The van der Waals surface area contributed by atoms with Crippen LogP contribution in [0.5, 0.6) is 0 Å². The van der Waals surface area contributed by atoms with Gasteiger partial charge in [0.05, 0.1) is 19.1 Å². The third kappa shape index (κ3) is 8.34. The fourth-order valence-electron chi connectivity index (χ4n) is 2.95. The molecule has 1 atom stereocenters. The van der Waals surface area contributed by atoms with Crippen LogP contribution in [0.3, 0.4) is 0 Å². The average molecular weight is 377 g/mol. The highest BCUT2D eigenvalue weighted by molar-refractivity contribution is 7.47. The molecule has 0 N–H and O–H groups in total. The molecule has 0 saturated heterocycles. The summed E-state index contributed by atoms with van der Waals surface area (Å²) in [5, 5.41) is 0. The monoisotopic (exact) mass is 376 g/mol. The van der Waals surface area contributed by atoms with E-state index in [4.69, 9.17) is 9.26 Å². The van der Waals surface area contributed by atoms with Gasteiger partial charge in [0.1, 0.15) is 0 Å². The molecule has 0 rings (SSSR count). The summed E-state index contributed by atoms with van der Waals surface area (Å²) in [4.78, 5) is 11.8. The quantitative estimate of drug-likeness (QED) is 0.352. The second kappa shape index (κ2) is 12.2. The van der Waals surface area contributed by atoms with E-state index in [0.29, 0.717) is 43.8 Å². The lowest BCUT2D eigenvalue weighted by Gasteiger charge is -2.45. The number of rotatable bonds is 12. The summed E-state index contributed by atoms with van der Waals surface area (Å²) in [6.07, 6.45) is 0.686. The summed E-state index contributed by atoms with van der Waals surface area (Å²) in [6, 6.07) is 1.59. The van der Waals surface area contributed by atoms with Crippen LogP contribution < -0.4 is 0 Å². The van der Waals surface area contributed by atoms with Crippen LogP contribution in [-0.2, 0) is 14.1 Å². The van der Waals surface area contributed by atoms with Gasteiger partial charge >= 0.3 is 5.97 Å². The molecule has 5 nitrogen and oxygen atoms in total. The van der Waals surface area contributed by atoms with E-state index >= 15 is 0 Å². The Labute approximate surface area is 157 Å². The maximum atomic E-state index is 11.8. The van der Waals surface area contributed by atoms with Crippen LogP contribution in [0.4, 0.5) is 0 Å². The Morgan fingerprint density at radius 2 is 1.24 bits per heavy atom. The molecule has 6 heteroatoms. The SMILES string of the molecule is CCOC(=O)C(C)CCOP(N(C(C)C)C(C)C)N(C(C)C)C(C)C. The van der Waals surface area contributed by atoms with Gasteiger partial charge in [-0.1, -0.05) is 6.92 Å². The van der Waals surface area contributed by atoms with Gasteiger partial charge in [-0.25, -0.2) is 9.34 Å². The number of nitrogens with zero attached hydrogens (tertiary/aromatic N) is 2. The Morgan fingerprint density at radius 3 is 1.56 bits per heavy atom. The zero-order valence-corrected chi connectivity index (χ0v) is 19.0. The number of hydrogen-bond donors (Lipinski definition) is 0. The van der Waals surface area contributed by atoms with Gasteiger partial charge in [0, 0.05) is 24.2 Å². The van der Waals surface area contributed by atoms with Crippen molar-refractivity contribution in [3.8, 4) is 0 Å². The largest absolute Gasteiger partial charge is 0.466 e. The first-order valence-electron chi connectivity index (χ1n) is 9.70. The van der Waals surface area contributed by atoms with Crippen molar-refractivity contribution >= 4 is 14.4 Å². The van der Waals surface area contributed by atoms with Crippen LogP contribution in [0.2, 0.25) is 0 Å². The van der Waals surface area contributed by atoms with E-state index in [2.05, 4.69) is 64.7 Å². The minimum atomic E-state index is -0.889. The summed E-state index contributed by atoms with van der Waals surface area (Å²) in [7, 11) is -0.889. The summed E-state index contributed by atoms with van der Waals surface area (Å²) in [5.41, 5.74) is 0. The van der Waals surface area contributed by atoms with Crippen molar-refractivity contribution in [2.75, 3.05) is 13.2 Å². The van der Waals surface area contributed by atoms with E-state index in [1.165, 1.54) is 0 Å². The molecule has 0 spiro atoms. The highest BCUT2D eigenvalue weighted by atomic mass is 31.2. The summed E-state index contributed by atoms with van der Waals surface area (Å²) in [5.74, 6) is -0.264. The number of hydrogen-bond acceptors (Lipinski definition) is 5. The molecule has 0 aliphatic carbocycles. The second-order valence-electron chi connectivity index (χ2n) is 7.66. The summed E-state index contributed by atoms with van der Waals surface area (Å²) < 4.78 is 16.4. The molecule has 0 fully saturated rings. The van der Waals surface area contributed by atoms with E-state index in [9.17, 15) is 4.79 Å². The van der Waals surface area contributed by atoms with Crippen molar-refractivity contribution in [3.05, 3.63) is 0 Å². The third-order valence-corrected chi connectivity index (χ3v) is 7.01. The zero-order valence-electron chi connectivity index (χ0n) is 18.1. The van der Waals surface area contributed by atoms with Crippen molar-refractivity contribution in [1.29, 1.82) is 0 Å². The fraction of sp³-hybridized carbons (Fsp3) is 0.947. The summed E-state index contributed by atoms with van der Waals surface area (Å²) >= 11 is 0. The van der Waals surface area contributed by atoms with Gasteiger partial charge < -0.3 is 9.26 Å². The number of carbonyl (C=O) groups is 1. The van der Waals surface area contributed by atoms with Crippen LogP contribution in [0, 0.1) is 5.92 Å². The Bertz CT molecular complexity index is 340. The molecule has 0 saturated carbocycles. The molecule has 0 aromatic rings. The first-order valence-corrected chi connectivity index (χ1v) is 10.9. The molecular weight excluding hydrogens is 335 g/mol.